The summed E-state index contributed by atoms with van der Waals surface area (Å²) in [6.45, 7) is 5.06. The molecule has 0 saturated carbocycles. The molecule has 0 aliphatic carbocycles. The normalized spacial score (nSPS) is 20.2. The maximum absolute atomic E-state index is 10.8. The second kappa shape index (κ2) is 4.33. The molecule has 1 fully saturated rings. The van der Waals surface area contributed by atoms with Gasteiger partial charge in [0.15, 0.2) is 0 Å². The van der Waals surface area contributed by atoms with Crippen LogP contribution in [0.5, 0.6) is 0 Å². The SMILES string of the molecule is CC(C)(SC1CCOCC1)C(=O)O. The van der Waals surface area contributed by atoms with Crippen LogP contribution < -0.4 is 0 Å². The van der Waals surface area contributed by atoms with Crippen LogP contribution in [0.1, 0.15) is 26.7 Å². The Balaban J connectivity index is 2.41. The van der Waals surface area contributed by atoms with Gasteiger partial charge < -0.3 is 9.84 Å². The van der Waals surface area contributed by atoms with Gasteiger partial charge in [-0.1, -0.05) is 0 Å². The molecule has 1 N–H and O–H groups in total. The van der Waals surface area contributed by atoms with Gasteiger partial charge in [0.1, 0.15) is 4.75 Å². The van der Waals surface area contributed by atoms with Crippen LogP contribution in [-0.4, -0.2) is 34.3 Å². The zero-order chi connectivity index (χ0) is 9.90. The molecular weight excluding hydrogens is 188 g/mol. The summed E-state index contributed by atoms with van der Waals surface area (Å²) in [5.41, 5.74) is 0. The average Bonchev–Trinajstić information content (AvgIpc) is 2.05. The van der Waals surface area contributed by atoms with Gasteiger partial charge in [0, 0.05) is 18.5 Å². The third-order valence-electron chi connectivity index (χ3n) is 2.14. The van der Waals surface area contributed by atoms with Crippen molar-refractivity contribution in [2.45, 2.75) is 36.7 Å². The third-order valence-corrected chi connectivity index (χ3v) is 3.71. The van der Waals surface area contributed by atoms with Crippen LogP contribution in [0.4, 0.5) is 0 Å². The Bertz CT molecular complexity index is 185. The lowest BCUT2D eigenvalue weighted by Gasteiger charge is -2.28. The second-order valence-electron chi connectivity index (χ2n) is 3.75. The fourth-order valence-electron chi connectivity index (χ4n) is 1.26. The van der Waals surface area contributed by atoms with Crippen molar-refractivity contribution in [3.05, 3.63) is 0 Å². The van der Waals surface area contributed by atoms with E-state index >= 15 is 0 Å². The molecule has 0 amide bonds. The van der Waals surface area contributed by atoms with Crippen LogP contribution >= 0.6 is 11.8 Å². The topological polar surface area (TPSA) is 46.5 Å². The number of rotatable bonds is 3. The van der Waals surface area contributed by atoms with Gasteiger partial charge in [0.25, 0.3) is 0 Å². The maximum atomic E-state index is 10.8. The number of ether oxygens (including phenoxy) is 1. The largest absolute Gasteiger partial charge is 0.480 e. The average molecular weight is 204 g/mol. The molecule has 0 unspecified atom stereocenters. The summed E-state index contributed by atoms with van der Waals surface area (Å²) in [6, 6.07) is 0. The van der Waals surface area contributed by atoms with Gasteiger partial charge in [-0.25, -0.2) is 0 Å². The Morgan fingerprint density at radius 1 is 1.46 bits per heavy atom. The smallest absolute Gasteiger partial charge is 0.319 e. The van der Waals surface area contributed by atoms with Crippen molar-refractivity contribution >= 4 is 17.7 Å². The Morgan fingerprint density at radius 2 is 2.00 bits per heavy atom. The Labute approximate surface area is 82.8 Å². The van der Waals surface area contributed by atoms with E-state index in [9.17, 15) is 4.79 Å². The molecule has 13 heavy (non-hydrogen) atoms. The first-order chi connectivity index (χ1) is 6.02. The molecular formula is C9H16O3S. The molecule has 1 aliphatic heterocycles. The Hall–Kier alpha value is -0.220. The maximum Gasteiger partial charge on any atom is 0.319 e. The van der Waals surface area contributed by atoms with Crippen molar-refractivity contribution in [2.75, 3.05) is 13.2 Å². The molecule has 1 rings (SSSR count). The zero-order valence-electron chi connectivity index (χ0n) is 8.08. The second-order valence-corrected chi connectivity index (χ2v) is 5.67. The summed E-state index contributed by atoms with van der Waals surface area (Å²) < 4.78 is 4.55. The molecule has 0 radical (unpaired) electrons. The van der Waals surface area contributed by atoms with Crippen molar-refractivity contribution in [1.82, 2.24) is 0 Å². The zero-order valence-corrected chi connectivity index (χ0v) is 8.89. The van der Waals surface area contributed by atoms with E-state index in [1.165, 1.54) is 0 Å². The van der Waals surface area contributed by atoms with Gasteiger partial charge in [0.2, 0.25) is 0 Å². The first-order valence-electron chi connectivity index (χ1n) is 4.51. The minimum Gasteiger partial charge on any atom is -0.480 e. The van der Waals surface area contributed by atoms with Crippen molar-refractivity contribution in [3.8, 4) is 0 Å². The fraction of sp³-hybridized carbons (Fsp3) is 0.889. The van der Waals surface area contributed by atoms with Gasteiger partial charge in [-0.05, 0) is 26.7 Å². The highest BCUT2D eigenvalue weighted by atomic mass is 32.2. The Morgan fingerprint density at radius 3 is 2.46 bits per heavy atom. The lowest BCUT2D eigenvalue weighted by atomic mass is 10.2. The van der Waals surface area contributed by atoms with E-state index in [0.717, 1.165) is 26.1 Å². The van der Waals surface area contributed by atoms with E-state index in [4.69, 9.17) is 9.84 Å². The summed E-state index contributed by atoms with van der Waals surface area (Å²) in [5, 5.41) is 9.36. The number of carboxylic acid groups (broad SMARTS) is 1. The van der Waals surface area contributed by atoms with E-state index in [0.29, 0.717) is 5.25 Å². The molecule has 0 aromatic carbocycles. The van der Waals surface area contributed by atoms with Crippen LogP contribution in [0.3, 0.4) is 0 Å². The van der Waals surface area contributed by atoms with Gasteiger partial charge in [-0.3, -0.25) is 4.79 Å². The van der Waals surface area contributed by atoms with Gasteiger partial charge in [0.05, 0.1) is 0 Å². The lowest BCUT2D eigenvalue weighted by molar-refractivity contribution is -0.138. The highest BCUT2D eigenvalue weighted by Gasteiger charge is 2.31. The fourth-order valence-corrected chi connectivity index (χ4v) is 2.62. The molecule has 0 aromatic rings. The number of hydrogen-bond donors (Lipinski definition) is 1. The Kier molecular flexibility index (Phi) is 3.62. The molecule has 3 nitrogen and oxygen atoms in total. The summed E-state index contributed by atoms with van der Waals surface area (Å²) in [6.07, 6.45) is 1.95. The number of thioether (sulfide) groups is 1. The third kappa shape index (κ3) is 3.19. The van der Waals surface area contributed by atoms with Crippen LogP contribution in [0, 0.1) is 0 Å². The standard InChI is InChI=1S/C9H16O3S/c1-9(2,8(10)11)13-7-3-5-12-6-4-7/h7H,3-6H2,1-2H3,(H,10,11). The van der Waals surface area contributed by atoms with Crippen LogP contribution in [0.15, 0.2) is 0 Å². The van der Waals surface area contributed by atoms with E-state index in [-0.39, 0.29) is 0 Å². The quantitative estimate of drug-likeness (QED) is 0.761. The molecule has 1 heterocycles. The predicted molar refractivity (Wildman–Crippen MR) is 53.1 cm³/mol. The number of aliphatic carboxylic acids is 1. The van der Waals surface area contributed by atoms with Crippen LogP contribution in [-0.2, 0) is 9.53 Å². The van der Waals surface area contributed by atoms with Crippen LogP contribution in [0.2, 0.25) is 0 Å². The molecule has 0 aromatic heterocycles. The van der Waals surface area contributed by atoms with Crippen LogP contribution in [0.25, 0.3) is 0 Å². The minimum atomic E-state index is -0.732. The van der Waals surface area contributed by atoms with E-state index in [1.807, 2.05) is 0 Å². The summed E-state index contributed by atoms with van der Waals surface area (Å²) in [5.74, 6) is -0.732. The van der Waals surface area contributed by atoms with E-state index in [2.05, 4.69) is 0 Å². The summed E-state index contributed by atoms with van der Waals surface area (Å²) >= 11 is 1.55. The molecule has 0 atom stereocenters. The van der Waals surface area contributed by atoms with Gasteiger partial charge in [-0.2, -0.15) is 0 Å². The molecule has 0 spiro atoms. The molecule has 1 aliphatic rings. The molecule has 1 saturated heterocycles. The molecule has 76 valence electrons. The van der Waals surface area contributed by atoms with Crippen molar-refractivity contribution in [2.24, 2.45) is 0 Å². The monoisotopic (exact) mass is 204 g/mol. The van der Waals surface area contributed by atoms with E-state index < -0.39 is 10.7 Å². The summed E-state index contributed by atoms with van der Waals surface area (Å²) in [4.78, 5) is 10.8. The number of hydrogen-bond acceptors (Lipinski definition) is 3. The predicted octanol–water partition coefficient (Wildman–Crippen LogP) is 1.76. The van der Waals surface area contributed by atoms with Crippen molar-refractivity contribution in [3.63, 3.8) is 0 Å². The highest BCUT2D eigenvalue weighted by molar-refractivity contribution is 8.01. The van der Waals surface area contributed by atoms with E-state index in [1.54, 1.807) is 25.6 Å². The highest BCUT2D eigenvalue weighted by Crippen LogP contribution is 2.33. The first kappa shape index (κ1) is 10.9. The minimum absolute atomic E-state index is 0.444. The van der Waals surface area contributed by atoms with Gasteiger partial charge >= 0.3 is 5.97 Å². The molecule has 0 bridgehead atoms. The lowest BCUT2D eigenvalue weighted by Crippen LogP contribution is -2.32. The van der Waals surface area contributed by atoms with Crippen molar-refractivity contribution < 1.29 is 14.6 Å². The number of carbonyl (C=O) groups is 1. The summed E-state index contributed by atoms with van der Waals surface area (Å²) in [7, 11) is 0. The molecule has 4 heteroatoms. The van der Waals surface area contributed by atoms with Gasteiger partial charge in [-0.15, -0.1) is 11.8 Å². The number of carboxylic acids is 1. The first-order valence-corrected chi connectivity index (χ1v) is 5.39. The van der Waals surface area contributed by atoms with Crippen molar-refractivity contribution in [1.29, 1.82) is 0 Å².